The van der Waals surface area contributed by atoms with Gasteiger partial charge in [-0.3, -0.25) is 0 Å². The summed E-state index contributed by atoms with van der Waals surface area (Å²) in [5.41, 5.74) is 1.98. The van der Waals surface area contributed by atoms with E-state index in [-0.39, 0.29) is 5.41 Å². The number of nitrogens with zero attached hydrogens (tertiary/aromatic N) is 5. The molecule has 0 bridgehead atoms. The van der Waals surface area contributed by atoms with E-state index >= 15 is 0 Å². The van der Waals surface area contributed by atoms with Gasteiger partial charge in [0.2, 0.25) is 0 Å². The number of piperidine rings is 1. The van der Waals surface area contributed by atoms with Crippen molar-refractivity contribution in [2.45, 2.75) is 58.8 Å². The third kappa shape index (κ3) is 3.55. The highest BCUT2D eigenvalue weighted by Crippen LogP contribution is 2.28. The second-order valence-electron chi connectivity index (χ2n) is 8.27. The van der Waals surface area contributed by atoms with Gasteiger partial charge in [0.15, 0.2) is 11.5 Å². The summed E-state index contributed by atoms with van der Waals surface area (Å²) in [7, 11) is 0. The highest BCUT2D eigenvalue weighted by Gasteiger charge is 2.26. The summed E-state index contributed by atoms with van der Waals surface area (Å²) in [4.78, 5) is 2.57. The van der Waals surface area contributed by atoms with Gasteiger partial charge >= 0.3 is 0 Å². The second kappa shape index (κ2) is 6.19. The van der Waals surface area contributed by atoms with E-state index in [9.17, 15) is 0 Å². The fourth-order valence-corrected chi connectivity index (χ4v) is 3.35. The normalized spacial score (nSPS) is 18.2. The van der Waals surface area contributed by atoms with Gasteiger partial charge in [-0.15, -0.1) is 10.2 Å². The minimum atomic E-state index is 0.0381. The Kier molecular flexibility index (Phi) is 4.41. The minimum Gasteiger partial charge on any atom is -0.303 e. The van der Waals surface area contributed by atoms with Crippen molar-refractivity contribution in [3.05, 3.63) is 23.7 Å². The van der Waals surface area contributed by atoms with E-state index in [1.54, 1.807) is 0 Å². The van der Waals surface area contributed by atoms with Gasteiger partial charge < -0.3 is 4.90 Å². The van der Waals surface area contributed by atoms with E-state index in [1.165, 1.54) is 6.54 Å². The molecule has 1 aliphatic heterocycles. The van der Waals surface area contributed by atoms with Gasteiger partial charge in [0.1, 0.15) is 0 Å². The molecule has 3 heterocycles. The Morgan fingerprint density at radius 2 is 1.83 bits per heavy atom. The monoisotopic (exact) mass is 315 g/mol. The van der Waals surface area contributed by atoms with Crippen molar-refractivity contribution in [3.8, 4) is 0 Å². The predicted octanol–water partition coefficient (Wildman–Crippen LogP) is 3.26. The predicted molar refractivity (Wildman–Crippen MR) is 92.7 cm³/mol. The molecule has 1 saturated heterocycles. The SMILES string of the molecule is CC(C)CN1CCC(c2nnc3ccc(C(C)(C)C)nn23)CC1. The van der Waals surface area contributed by atoms with Crippen molar-refractivity contribution in [1.29, 1.82) is 0 Å². The molecule has 0 atom stereocenters. The topological polar surface area (TPSA) is 46.3 Å². The van der Waals surface area contributed by atoms with Crippen LogP contribution in [0.2, 0.25) is 0 Å². The molecule has 1 fully saturated rings. The molecule has 5 nitrogen and oxygen atoms in total. The lowest BCUT2D eigenvalue weighted by atomic mass is 9.92. The first-order chi connectivity index (χ1) is 10.8. The van der Waals surface area contributed by atoms with Crippen LogP contribution < -0.4 is 0 Å². The Bertz CT molecular complexity index is 660. The third-order valence-electron chi connectivity index (χ3n) is 4.63. The average Bonchev–Trinajstić information content (AvgIpc) is 2.89. The highest BCUT2D eigenvalue weighted by atomic mass is 15.4. The lowest BCUT2D eigenvalue weighted by Gasteiger charge is -2.32. The molecule has 23 heavy (non-hydrogen) atoms. The van der Waals surface area contributed by atoms with E-state index in [4.69, 9.17) is 5.10 Å². The zero-order valence-electron chi connectivity index (χ0n) is 15.1. The van der Waals surface area contributed by atoms with E-state index in [2.05, 4.69) is 55.8 Å². The molecule has 0 aliphatic carbocycles. The summed E-state index contributed by atoms with van der Waals surface area (Å²) in [6, 6.07) is 4.11. The molecule has 1 aliphatic rings. The number of rotatable bonds is 3. The number of hydrogen-bond donors (Lipinski definition) is 0. The second-order valence-corrected chi connectivity index (χ2v) is 8.27. The van der Waals surface area contributed by atoms with Gasteiger partial charge in [0, 0.05) is 17.9 Å². The van der Waals surface area contributed by atoms with Crippen LogP contribution in [0.25, 0.3) is 5.65 Å². The van der Waals surface area contributed by atoms with Crippen LogP contribution in [0.1, 0.15) is 64.9 Å². The van der Waals surface area contributed by atoms with Gasteiger partial charge in [0.25, 0.3) is 0 Å². The summed E-state index contributed by atoms with van der Waals surface area (Å²) >= 11 is 0. The maximum Gasteiger partial charge on any atom is 0.177 e. The van der Waals surface area contributed by atoms with Crippen LogP contribution in [-0.2, 0) is 5.41 Å². The van der Waals surface area contributed by atoms with E-state index in [1.807, 2.05) is 10.6 Å². The molecule has 0 aromatic carbocycles. The number of hydrogen-bond acceptors (Lipinski definition) is 4. The van der Waals surface area contributed by atoms with Gasteiger partial charge in [-0.25, -0.2) is 0 Å². The van der Waals surface area contributed by atoms with Crippen molar-refractivity contribution in [1.82, 2.24) is 24.7 Å². The molecule has 0 spiro atoms. The van der Waals surface area contributed by atoms with Gasteiger partial charge in [0.05, 0.1) is 5.69 Å². The summed E-state index contributed by atoms with van der Waals surface area (Å²) < 4.78 is 1.98. The number of fused-ring (bicyclic) bond motifs is 1. The molecule has 0 radical (unpaired) electrons. The quantitative estimate of drug-likeness (QED) is 0.872. The maximum absolute atomic E-state index is 4.83. The van der Waals surface area contributed by atoms with E-state index in [0.29, 0.717) is 5.92 Å². The standard InChI is InChI=1S/C18H29N5/c1-13(2)12-22-10-8-14(9-11-22)17-20-19-16-7-6-15(18(3,4)5)21-23(16)17/h6-7,13-14H,8-12H2,1-5H3. The van der Waals surface area contributed by atoms with Crippen molar-refractivity contribution in [2.24, 2.45) is 5.92 Å². The molecule has 0 unspecified atom stereocenters. The van der Waals surface area contributed by atoms with Crippen LogP contribution in [0, 0.1) is 5.92 Å². The molecule has 2 aromatic rings. The third-order valence-corrected chi connectivity index (χ3v) is 4.63. The number of likely N-dealkylation sites (tertiary alicyclic amines) is 1. The van der Waals surface area contributed by atoms with Crippen LogP contribution in [0.3, 0.4) is 0 Å². The first-order valence-corrected chi connectivity index (χ1v) is 8.80. The van der Waals surface area contributed by atoms with Gasteiger partial charge in [-0.05, 0) is 44.0 Å². The Hall–Kier alpha value is -1.49. The van der Waals surface area contributed by atoms with Gasteiger partial charge in [-0.2, -0.15) is 9.61 Å². The molecule has 2 aromatic heterocycles. The molecule has 126 valence electrons. The molecule has 5 heteroatoms. The first-order valence-electron chi connectivity index (χ1n) is 8.80. The summed E-state index contributed by atoms with van der Waals surface area (Å²) in [5.74, 6) is 2.24. The zero-order valence-corrected chi connectivity index (χ0v) is 15.1. The van der Waals surface area contributed by atoms with Crippen molar-refractivity contribution < 1.29 is 0 Å². The molecular formula is C18H29N5. The van der Waals surface area contributed by atoms with Crippen LogP contribution in [0.4, 0.5) is 0 Å². The van der Waals surface area contributed by atoms with Crippen molar-refractivity contribution >= 4 is 5.65 Å². The Balaban J connectivity index is 1.81. The first kappa shape index (κ1) is 16.4. The average molecular weight is 315 g/mol. The van der Waals surface area contributed by atoms with Crippen molar-refractivity contribution in [3.63, 3.8) is 0 Å². The largest absolute Gasteiger partial charge is 0.303 e. The zero-order chi connectivity index (χ0) is 16.6. The molecular weight excluding hydrogens is 286 g/mol. The summed E-state index contributed by atoms with van der Waals surface area (Å²) in [5, 5.41) is 13.6. The molecule has 0 amide bonds. The summed E-state index contributed by atoms with van der Waals surface area (Å²) in [6.07, 6.45) is 2.30. The van der Waals surface area contributed by atoms with E-state index in [0.717, 1.165) is 49.0 Å². The van der Waals surface area contributed by atoms with E-state index < -0.39 is 0 Å². The summed E-state index contributed by atoms with van der Waals surface area (Å²) in [6.45, 7) is 14.6. The Morgan fingerprint density at radius 3 is 2.43 bits per heavy atom. The van der Waals surface area contributed by atoms with Crippen LogP contribution in [0.5, 0.6) is 0 Å². The minimum absolute atomic E-state index is 0.0381. The maximum atomic E-state index is 4.83. The molecule has 0 N–H and O–H groups in total. The highest BCUT2D eigenvalue weighted by molar-refractivity contribution is 5.37. The molecule has 0 saturated carbocycles. The Labute approximate surface area is 139 Å². The Morgan fingerprint density at radius 1 is 1.13 bits per heavy atom. The smallest absolute Gasteiger partial charge is 0.177 e. The van der Waals surface area contributed by atoms with Gasteiger partial charge in [-0.1, -0.05) is 34.6 Å². The fourth-order valence-electron chi connectivity index (χ4n) is 3.35. The fraction of sp³-hybridized carbons (Fsp3) is 0.722. The molecule has 3 rings (SSSR count). The van der Waals surface area contributed by atoms with Crippen LogP contribution in [0.15, 0.2) is 12.1 Å². The lowest BCUT2D eigenvalue weighted by Crippen LogP contribution is -2.36. The van der Waals surface area contributed by atoms with Crippen molar-refractivity contribution in [2.75, 3.05) is 19.6 Å². The number of aromatic nitrogens is 4. The van der Waals surface area contributed by atoms with Crippen LogP contribution >= 0.6 is 0 Å². The lowest BCUT2D eigenvalue weighted by molar-refractivity contribution is 0.189. The van der Waals surface area contributed by atoms with Crippen LogP contribution in [-0.4, -0.2) is 44.3 Å².